The summed E-state index contributed by atoms with van der Waals surface area (Å²) in [6, 6.07) is 17.7. The molecule has 7 heteroatoms. The van der Waals surface area contributed by atoms with E-state index in [2.05, 4.69) is 0 Å². The molecule has 172 valence electrons. The number of nitrogens with zero attached hydrogens (tertiary/aromatic N) is 1. The number of hydrogen-bond donors (Lipinski definition) is 0. The van der Waals surface area contributed by atoms with E-state index < -0.39 is 0 Å². The summed E-state index contributed by atoms with van der Waals surface area (Å²) in [5.74, 6) is 2.36. The van der Waals surface area contributed by atoms with Crippen LogP contribution in [0, 0.1) is 6.92 Å². The molecular weight excluding hydrogens is 438 g/mol. The van der Waals surface area contributed by atoms with Gasteiger partial charge in [-0.2, -0.15) is 0 Å². The highest BCUT2D eigenvalue weighted by Gasteiger charge is 2.24. The molecule has 0 bridgehead atoms. The molecule has 2 aliphatic heterocycles. The Labute approximate surface area is 197 Å². The Morgan fingerprint density at radius 3 is 2.64 bits per heavy atom. The molecule has 2 aromatic carbocycles. The van der Waals surface area contributed by atoms with E-state index in [4.69, 9.17) is 18.9 Å². The van der Waals surface area contributed by atoms with Gasteiger partial charge in [-0.3, -0.25) is 4.79 Å². The van der Waals surface area contributed by atoms with Gasteiger partial charge in [-0.05, 0) is 67.3 Å². The van der Waals surface area contributed by atoms with E-state index in [9.17, 15) is 4.79 Å². The quantitative estimate of drug-likeness (QED) is 0.459. The number of carbonyl (C=O) groups is 1. The molecule has 0 spiro atoms. The van der Waals surface area contributed by atoms with Crippen molar-refractivity contribution in [3.8, 4) is 17.2 Å². The maximum absolute atomic E-state index is 13.2. The van der Waals surface area contributed by atoms with Crippen LogP contribution >= 0.6 is 11.3 Å². The van der Waals surface area contributed by atoms with Crippen molar-refractivity contribution in [2.45, 2.75) is 39.0 Å². The van der Waals surface area contributed by atoms with Crippen molar-refractivity contribution in [3.63, 3.8) is 0 Å². The summed E-state index contributed by atoms with van der Waals surface area (Å²) in [7, 11) is 0. The largest absolute Gasteiger partial charge is 0.489 e. The van der Waals surface area contributed by atoms with Gasteiger partial charge in [0.1, 0.15) is 12.4 Å². The van der Waals surface area contributed by atoms with Crippen LogP contribution in [-0.2, 0) is 17.9 Å². The average molecular weight is 466 g/mol. The standard InChI is InChI=1S/C26H27NO5S/c1-18-4-11-25(33-18)26(28)27(15-22-3-2-12-29-22)14-19-5-8-21(9-6-19)30-16-20-7-10-23-24(13-20)32-17-31-23/h4-11,13,22H,2-3,12,14-17H2,1H3. The van der Waals surface area contributed by atoms with E-state index in [0.29, 0.717) is 19.7 Å². The number of fused-ring (bicyclic) bond motifs is 1. The van der Waals surface area contributed by atoms with Gasteiger partial charge in [-0.15, -0.1) is 11.3 Å². The van der Waals surface area contributed by atoms with Gasteiger partial charge in [-0.25, -0.2) is 0 Å². The van der Waals surface area contributed by atoms with E-state index in [1.807, 2.05) is 66.4 Å². The number of hydrogen-bond acceptors (Lipinski definition) is 6. The molecular formula is C26H27NO5S. The molecule has 0 radical (unpaired) electrons. The number of carbonyl (C=O) groups excluding carboxylic acids is 1. The molecule has 3 heterocycles. The first-order chi connectivity index (χ1) is 16.1. The highest BCUT2D eigenvalue weighted by Crippen LogP contribution is 2.32. The van der Waals surface area contributed by atoms with Crippen molar-refractivity contribution in [2.24, 2.45) is 0 Å². The van der Waals surface area contributed by atoms with Gasteiger partial charge in [-0.1, -0.05) is 18.2 Å². The molecule has 1 aromatic heterocycles. The molecule has 0 N–H and O–H groups in total. The third-order valence-electron chi connectivity index (χ3n) is 5.83. The van der Waals surface area contributed by atoms with Gasteiger partial charge in [0.2, 0.25) is 6.79 Å². The molecule has 6 nitrogen and oxygen atoms in total. The third-order valence-corrected chi connectivity index (χ3v) is 6.81. The predicted octanol–water partition coefficient (Wildman–Crippen LogP) is 5.19. The SMILES string of the molecule is Cc1ccc(C(=O)N(Cc2ccc(OCc3ccc4c(c3)OCO4)cc2)CC2CCCO2)s1. The number of benzene rings is 2. The summed E-state index contributed by atoms with van der Waals surface area (Å²) >= 11 is 1.54. The lowest BCUT2D eigenvalue weighted by Gasteiger charge is -2.25. The van der Waals surface area contributed by atoms with Crippen LogP contribution in [0.3, 0.4) is 0 Å². The lowest BCUT2D eigenvalue weighted by atomic mass is 10.1. The topological polar surface area (TPSA) is 57.2 Å². The fourth-order valence-corrected chi connectivity index (χ4v) is 4.90. The minimum atomic E-state index is 0.0618. The Morgan fingerprint density at radius 2 is 1.88 bits per heavy atom. The molecule has 0 saturated carbocycles. The average Bonchev–Trinajstić information content (AvgIpc) is 3.59. The number of rotatable bonds is 8. The second-order valence-electron chi connectivity index (χ2n) is 8.35. The highest BCUT2D eigenvalue weighted by atomic mass is 32.1. The van der Waals surface area contributed by atoms with Crippen LogP contribution in [0.1, 0.15) is 38.5 Å². The van der Waals surface area contributed by atoms with Crippen LogP contribution in [0.25, 0.3) is 0 Å². The fraction of sp³-hybridized carbons (Fsp3) is 0.346. The van der Waals surface area contributed by atoms with Crippen LogP contribution in [0.2, 0.25) is 0 Å². The van der Waals surface area contributed by atoms with Crippen LogP contribution in [-0.4, -0.2) is 36.9 Å². The van der Waals surface area contributed by atoms with Crippen LogP contribution in [0.4, 0.5) is 0 Å². The van der Waals surface area contributed by atoms with Crippen LogP contribution < -0.4 is 14.2 Å². The van der Waals surface area contributed by atoms with Crippen molar-refractivity contribution in [3.05, 3.63) is 75.5 Å². The van der Waals surface area contributed by atoms with Crippen molar-refractivity contribution in [1.29, 1.82) is 0 Å². The second-order valence-corrected chi connectivity index (χ2v) is 9.64. The lowest BCUT2D eigenvalue weighted by Crippen LogP contribution is -2.36. The smallest absolute Gasteiger partial charge is 0.264 e. The normalized spacial score (nSPS) is 16.7. The zero-order valence-corrected chi connectivity index (χ0v) is 19.4. The Morgan fingerprint density at radius 1 is 1.06 bits per heavy atom. The van der Waals surface area contributed by atoms with Gasteiger partial charge in [0, 0.05) is 24.6 Å². The first kappa shape index (κ1) is 21.8. The van der Waals surface area contributed by atoms with E-state index in [1.165, 1.54) is 11.3 Å². The van der Waals surface area contributed by atoms with Crippen molar-refractivity contribution in [2.75, 3.05) is 19.9 Å². The Kier molecular flexibility index (Phi) is 6.51. The molecule has 3 aromatic rings. The summed E-state index contributed by atoms with van der Waals surface area (Å²) < 4.78 is 22.5. The zero-order valence-electron chi connectivity index (χ0n) is 18.6. The molecule has 33 heavy (non-hydrogen) atoms. The minimum absolute atomic E-state index is 0.0618. The minimum Gasteiger partial charge on any atom is -0.489 e. The van der Waals surface area contributed by atoms with Gasteiger partial charge in [0.05, 0.1) is 11.0 Å². The number of thiophene rings is 1. The van der Waals surface area contributed by atoms with Gasteiger partial charge < -0.3 is 23.8 Å². The van der Waals surface area contributed by atoms with Gasteiger partial charge in [0.15, 0.2) is 11.5 Å². The van der Waals surface area contributed by atoms with Gasteiger partial charge >= 0.3 is 0 Å². The van der Waals surface area contributed by atoms with Crippen molar-refractivity contribution < 1.29 is 23.7 Å². The summed E-state index contributed by atoms with van der Waals surface area (Å²) in [5, 5.41) is 0. The molecule has 5 rings (SSSR count). The fourth-order valence-electron chi connectivity index (χ4n) is 4.07. The number of ether oxygens (including phenoxy) is 4. The number of aryl methyl sites for hydroxylation is 1. The Hall–Kier alpha value is -3.03. The summed E-state index contributed by atoms with van der Waals surface area (Å²) in [5.41, 5.74) is 2.08. The third kappa shape index (κ3) is 5.31. The van der Waals surface area contributed by atoms with E-state index in [1.54, 1.807) is 0 Å². The molecule has 1 atom stereocenters. The maximum Gasteiger partial charge on any atom is 0.264 e. The monoisotopic (exact) mass is 465 g/mol. The summed E-state index contributed by atoms with van der Waals surface area (Å²) in [4.78, 5) is 17.0. The van der Waals surface area contributed by atoms with E-state index in [-0.39, 0.29) is 18.8 Å². The summed E-state index contributed by atoms with van der Waals surface area (Å²) in [6.07, 6.45) is 2.17. The molecule has 2 aliphatic rings. The van der Waals surface area contributed by atoms with E-state index >= 15 is 0 Å². The first-order valence-corrected chi connectivity index (χ1v) is 12.0. The van der Waals surface area contributed by atoms with E-state index in [0.717, 1.165) is 57.6 Å². The van der Waals surface area contributed by atoms with Crippen LogP contribution in [0.15, 0.2) is 54.6 Å². The molecule has 0 aliphatic carbocycles. The predicted molar refractivity (Wildman–Crippen MR) is 126 cm³/mol. The van der Waals surface area contributed by atoms with Crippen molar-refractivity contribution in [1.82, 2.24) is 4.90 Å². The first-order valence-electron chi connectivity index (χ1n) is 11.2. The molecule has 1 fully saturated rings. The summed E-state index contributed by atoms with van der Waals surface area (Å²) in [6.45, 7) is 4.65. The lowest BCUT2D eigenvalue weighted by molar-refractivity contribution is 0.0511. The highest BCUT2D eigenvalue weighted by molar-refractivity contribution is 7.13. The molecule has 1 unspecified atom stereocenters. The molecule has 1 amide bonds. The maximum atomic E-state index is 13.2. The Bertz CT molecular complexity index is 1100. The second kappa shape index (κ2) is 9.85. The van der Waals surface area contributed by atoms with Crippen LogP contribution in [0.5, 0.6) is 17.2 Å². The van der Waals surface area contributed by atoms with Gasteiger partial charge in [0.25, 0.3) is 5.91 Å². The van der Waals surface area contributed by atoms with Crippen molar-refractivity contribution >= 4 is 17.2 Å². The molecule has 1 saturated heterocycles. The number of amides is 1. The Balaban J connectivity index is 1.22. The zero-order chi connectivity index (χ0) is 22.6.